The third-order valence-electron chi connectivity index (χ3n) is 4.06. The highest BCUT2D eigenvalue weighted by Gasteiger charge is 2.32. The lowest BCUT2D eigenvalue weighted by atomic mass is 10.1. The number of piperidine rings is 1. The molecule has 1 saturated heterocycles. The SMILES string of the molecule is O=C(Nc1cccs1)N1CCC(S(=O)(=O)c2ccc(F)cc2)CC1. The van der Waals surface area contributed by atoms with E-state index in [1.807, 2.05) is 17.5 Å². The van der Waals surface area contributed by atoms with E-state index in [0.29, 0.717) is 25.9 Å². The van der Waals surface area contributed by atoms with E-state index >= 15 is 0 Å². The Labute approximate surface area is 144 Å². The Balaban J connectivity index is 1.62. The van der Waals surface area contributed by atoms with Gasteiger partial charge >= 0.3 is 6.03 Å². The Kier molecular flexibility index (Phi) is 4.86. The number of amides is 2. The number of carbonyl (C=O) groups excluding carboxylic acids is 1. The third-order valence-corrected chi connectivity index (χ3v) is 7.13. The van der Waals surface area contributed by atoms with Gasteiger partial charge in [-0.25, -0.2) is 17.6 Å². The molecule has 0 atom stereocenters. The van der Waals surface area contributed by atoms with Gasteiger partial charge in [0.15, 0.2) is 9.84 Å². The first kappa shape index (κ1) is 16.9. The fourth-order valence-electron chi connectivity index (χ4n) is 2.72. The molecule has 2 heterocycles. The van der Waals surface area contributed by atoms with Crippen molar-refractivity contribution in [3.05, 3.63) is 47.6 Å². The second kappa shape index (κ2) is 6.90. The maximum Gasteiger partial charge on any atom is 0.322 e. The van der Waals surface area contributed by atoms with Crippen LogP contribution in [-0.4, -0.2) is 37.7 Å². The number of urea groups is 1. The monoisotopic (exact) mass is 368 g/mol. The molecule has 1 aliphatic rings. The molecule has 1 aromatic carbocycles. The second-order valence-electron chi connectivity index (χ2n) is 5.59. The van der Waals surface area contributed by atoms with Crippen molar-refractivity contribution in [1.29, 1.82) is 0 Å². The Morgan fingerprint density at radius 3 is 2.42 bits per heavy atom. The van der Waals surface area contributed by atoms with Crippen LogP contribution in [0.5, 0.6) is 0 Å². The summed E-state index contributed by atoms with van der Waals surface area (Å²) in [4.78, 5) is 13.9. The van der Waals surface area contributed by atoms with Gasteiger partial charge in [0, 0.05) is 13.1 Å². The summed E-state index contributed by atoms with van der Waals surface area (Å²) in [6.45, 7) is 0.755. The summed E-state index contributed by atoms with van der Waals surface area (Å²) in [5, 5.41) is 4.89. The number of nitrogens with zero attached hydrogens (tertiary/aromatic N) is 1. The molecule has 1 N–H and O–H groups in total. The van der Waals surface area contributed by atoms with E-state index in [2.05, 4.69) is 5.32 Å². The minimum absolute atomic E-state index is 0.130. The largest absolute Gasteiger partial charge is 0.324 e. The van der Waals surface area contributed by atoms with Gasteiger partial charge in [0.05, 0.1) is 15.1 Å². The van der Waals surface area contributed by atoms with Crippen molar-refractivity contribution in [2.45, 2.75) is 23.0 Å². The third kappa shape index (κ3) is 3.59. The standard InChI is InChI=1S/C16H17FN2O3S2/c17-12-3-5-13(6-4-12)24(21,22)14-7-9-19(10-8-14)16(20)18-15-2-1-11-23-15/h1-6,11,14H,7-10H2,(H,18,20). The van der Waals surface area contributed by atoms with Crippen LogP contribution in [0.1, 0.15) is 12.8 Å². The summed E-state index contributed by atoms with van der Waals surface area (Å²) in [6, 6.07) is 8.33. The number of anilines is 1. The van der Waals surface area contributed by atoms with Crippen LogP contribution in [0.15, 0.2) is 46.7 Å². The minimum Gasteiger partial charge on any atom is -0.324 e. The highest BCUT2D eigenvalue weighted by molar-refractivity contribution is 7.92. The van der Waals surface area contributed by atoms with Gasteiger partial charge in [0.2, 0.25) is 0 Å². The molecule has 1 aliphatic heterocycles. The van der Waals surface area contributed by atoms with E-state index in [1.54, 1.807) is 4.90 Å². The quantitative estimate of drug-likeness (QED) is 0.845. The van der Waals surface area contributed by atoms with Crippen LogP contribution < -0.4 is 5.32 Å². The van der Waals surface area contributed by atoms with Crippen molar-refractivity contribution in [2.24, 2.45) is 0 Å². The molecule has 1 fully saturated rings. The fourth-order valence-corrected chi connectivity index (χ4v) is 5.06. The maximum atomic E-state index is 13.0. The van der Waals surface area contributed by atoms with Crippen LogP contribution in [0, 0.1) is 5.82 Å². The van der Waals surface area contributed by atoms with Crippen molar-refractivity contribution in [3.8, 4) is 0 Å². The number of likely N-dealkylation sites (tertiary alicyclic amines) is 1. The van der Waals surface area contributed by atoms with E-state index < -0.39 is 20.9 Å². The topological polar surface area (TPSA) is 66.5 Å². The lowest BCUT2D eigenvalue weighted by Crippen LogP contribution is -2.44. The van der Waals surface area contributed by atoms with Crippen molar-refractivity contribution in [2.75, 3.05) is 18.4 Å². The van der Waals surface area contributed by atoms with Crippen molar-refractivity contribution < 1.29 is 17.6 Å². The van der Waals surface area contributed by atoms with E-state index in [4.69, 9.17) is 0 Å². The predicted molar refractivity (Wildman–Crippen MR) is 91.5 cm³/mol. The molecular formula is C16H17FN2O3S2. The van der Waals surface area contributed by atoms with Crippen LogP contribution >= 0.6 is 11.3 Å². The summed E-state index contributed by atoms with van der Waals surface area (Å²) in [5.41, 5.74) is 0. The molecule has 8 heteroatoms. The zero-order chi connectivity index (χ0) is 17.2. The number of sulfone groups is 1. The molecule has 0 unspecified atom stereocenters. The van der Waals surface area contributed by atoms with Gasteiger partial charge in [-0.2, -0.15) is 0 Å². The van der Waals surface area contributed by atoms with Crippen LogP contribution in [0.25, 0.3) is 0 Å². The Morgan fingerprint density at radius 1 is 1.17 bits per heavy atom. The number of thiophene rings is 1. The first-order valence-electron chi connectivity index (χ1n) is 7.56. The first-order valence-corrected chi connectivity index (χ1v) is 9.98. The zero-order valence-corrected chi connectivity index (χ0v) is 14.4. The average molecular weight is 368 g/mol. The summed E-state index contributed by atoms with van der Waals surface area (Å²) >= 11 is 1.43. The van der Waals surface area contributed by atoms with Gasteiger partial charge in [-0.05, 0) is 54.6 Å². The molecule has 1 aromatic heterocycles. The van der Waals surface area contributed by atoms with Gasteiger partial charge in [0.1, 0.15) is 5.82 Å². The lowest BCUT2D eigenvalue weighted by Gasteiger charge is -2.31. The van der Waals surface area contributed by atoms with Crippen LogP contribution in [0.2, 0.25) is 0 Å². The molecule has 0 spiro atoms. The molecule has 0 saturated carbocycles. The Bertz CT molecular complexity index is 796. The molecular weight excluding hydrogens is 351 g/mol. The van der Waals surface area contributed by atoms with E-state index in [9.17, 15) is 17.6 Å². The molecule has 24 heavy (non-hydrogen) atoms. The molecule has 128 valence electrons. The summed E-state index contributed by atoms with van der Waals surface area (Å²) in [6.07, 6.45) is 0.745. The summed E-state index contributed by atoms with van der Waals surface area (Å²) in [7, 11) is -3.50. The molecule has 0 bridgehead atoms. The average Bonchev–Trinajstić information content (AvgIpc) is 3.08. The van der Waals surface area contributed by atoms with Crippen LogP contribution in [0.3, 0.4) is 0 Å². The van der Waals surface area contributed by atoms with Gasteiger partial charge in [-0.3, -0.25) is 5.32 Å². The molecule has 5 nitrogen and oxygen atoms in total. The van der Waals surface area contributed by atoms with E-state index in [0.717, 1.165) is 17.1 Å². The number of carbonyl (C=O) groups is 1. The number of hydrogen-bond donors (Lipinski definition) is 1. The Hall–Kier alpha value is -1.93. The smallest absolute Gasteiger partial charge is 0.322 e. The molecule has 2 amide bonds. The van der Waals surface area contributed by atoms with E-state index in [-0.39, 0.29) is 10.9 Å². The molecule has 3 rings (SSSR count). The highest BCUT2D eigenvalue weighted by atomic mass is 32.2. The van der Waals surface area contributed by atoms with Gasteiger partial charge in [-0.15, -0.1) is 11.3 Å². The Morgan fingerprint density at radius 2 is 1.83 bits per heavy atom. The first-order chi connectivity index (χ1) is 11.5. The van der Waals surface area contributed by atoms with Gasteiger partial charge in [-0.1, -0.05) is 0 Å². The minimum atomic E-state index is -3.50. The number of nitrogens with one attached hydrogen (secondary N) is 1. The fraction of sp³-hybridized carbons (Fsp3) is 0.312. The maximum absolute atomic E-state index is 13.0. The van der Waals surface area contributed by atoms with Gasteiger partial charge < -0.3 is 4.90 Å². The summed E-state index contributed by atoms with van der Waals surface area (Å²) < 4.78 is 38.2. The highest BCUT2D eigenvalue weighted by Crippen LogP contribution is 2.25. The van der Waals surface area contributed by atoms with Crippen LogP contribution in [-0.2, 0) is 9.84 Å². The number of hydrogen-bond acceptors (Lipinski definition) is 4. The predicted octanol–water partition coefficient (Wildman–Crippen LogP) is 3.36. The normalized spacial score (nSPS) is 16.1. The second-order valence-corrected chi connectivity index (χ2v) is 8.77. The summed E-state index contributed by atoms with van der Waals surface area (Å²) in [5.74, 6) is -0.464. The lowest BCUT2D eigenvalue weighted by molar-refractivity contribution is 0.200. The molecule has 2 aromatic rings. The number of halogens is 1. The number of rotatable bonds is 3. The zero-order valence-electron chi connectivity index (χ0n) is 12.8. The number of benzene rings is 1. The molecule has 0 radical (unpaired) electrons. The molecule has 0 aliphatic carbocycles. The van der Waals surface area contributed by atoms with Crippen molar-refractivity contribution in [1.82, 2.24) is 4.90 Å². The van der Waals surface area contributed by atoms with Gasteiger partial charge in [0.25, 0.3) is 0 Å². The van der Waals surface area contributed by atoms with Crippen molar-refractivity contribution >= 4 is 32.2 Å². The van der Waals surface area contributed by atoms with Crippen LogP contribution in [0.4, 0.5) is 14.2 Å². The van der Waals surface area contributed by atoms with Crippen molar-refractivity contribution in [3.63, 3.8) is 0 Å². The van der Waals surface area contributed by atoms with E-state index in [1.165, 1.54) is 23.5 Å².